The number of hydrogen-bond acceptors (Lipinski definition) is 3. The van der Waals surface area contributed by atoms with Gasteiger partial charge in [0, 0.05) is 36.6 Å². The largest absolute Gasteiger partial charge is 0.345 e. The molecule has 3 N–H and O–H groups in total. The Bertz CT molecular complexity index is 1400. The molecule has 0 fully saturated rings. The van der Waals surface area contributed by atoms with Crippen molar-refractivity contribution in [1.29, 1.82) is 4.78 Å². The number of carbonyl (C=O) groups is 1. The summed E-state index contributed by atoms with van der Waals surface area (Å²) in [7, 11) is -1.87. The van der Waals surface area contributed by atoms with Crippen LogP contribution in [-0.4, -0.2) is 20.7 Å². The van der Waals surface area contributed by atoms with Gasteiger partial charge in [-0.3, -0.25) is 4.79 Å². The second kappa shape index (κ2) is 9.71. The van der Waals surface area contributed by atoms with E-state index in [4.69, 9.17) is 4.78 Å². The molecule has 0 spiro atoms. The zero-order valence-corrected chi connectivity index (χ0v) is 20.0. The van der Waals surface area contributed by atoms with E-state index in [1.54, 1.807) is 31.3 Å². The number of anilines is 1. The first-order chi connectivity index (χ1) is 16.5. The summed E-state index contributed by atoms with van der Waals surface area (Å²) in [6.07, 6.45) is 6.30. The fourth-order valence-electron chi connectivity index (χ4n) is 4.08. The molecule has 1 aliphatic rings. The van der Waals surface area contributed by atoms with Crippen LogP contribution in [0.1, 0.15) is 35.0 Å². The minimum absolute atomic E-state index is 0.0142. The molecule has 6 nitrogen and oxygen atoms in total. The number of nitrogens with one attached hydrogen (secondary N) is 3. The standard InChI is InChI=1S/C25H25F3N4O2S/c1-15(3-4-16-5-7-17(26)8-6-16)22-12-10-19-23(35(29,34)31-22)14-32(2)24(19)25(33)30-18-9-11-20(27)21(28)13-18/h5-15,22H,3-4H2,1-2H3,(H,30,33)(H2,29,31,34)/t15-,22+,35?/m0/s1. The molecule has 0 saturated heterocycles. The molecule has 2 heterocycles. The van der Waals surface area contributed by atoms with Crippen LogP contribution >= 0.6 is 0 Å². The van der Waals surface area contributed by atoms with E-state index in [0.29, 0.717) is 18.4 Å². The summed E-state index contributed by atoms with van der Waals surface area (Å²) in [5, 5.41) is 2.53. The SMILES string of the molecule is C[C@@H](CCc1ccc(F)cc1)[C@H]1C=Cc2c(cn(C)c2C(=O)Nc2ccc(F)c(F)c2)S(=N)(=O)N1. The Morgan fingerprint density at radius 1 is 1.17 bits per heavy atom. The molecule has 1 amide bonds. The number of hydrogen-bond donors (Lipinski definition) is 3. The Kier molecular flexibility index (Phi) is 6.86. The Balaban J connectivity index is 1.57. The van der Waals surface area contributed by atoms with E-state index in [-0.39, 0.29) is 28.0 Å². The highest BCUT2D eigenvalue weighted by atomic mass is 32.2. The molecule has 1 aromatic heterocycles. The number of amides is 1. The van der Waals surface area contributed by atoms with E-state index in [9.17, 15) is 22.2 Å². The van der Waals surface area contributed by atoms with Gasteiger partial charge in [-0.05, 0) is 48.6 Å². The Labute approximate surface area is 202 Å². The van der Waals surface area contributed by atoms with Crippen molar-refractivity contribution < 1.29 is 22.2 Å². The van der Waals surface area contributed by atoms with Gasteiger partial charge in [0.25, 0.3) is 5.91 Å². The van der Waals surface area contributed by atoms with Gasteiger partial charge in [0.15, 0.2) is 11.6 Å². The lowest BCUT2D eigenvalue weighted by molar-refractivity contribution is 0.101. The van der Waals surface area contributed by atoms with Crippen LogP contribution in [0.25, 0.3) is 6.08 Å². The zero-order valence-electron chi connectivity index (χ0n) is 19.1. The van der Waals surface area contributed by atoms with Crippen molar-refractivity contribution in [1.82, 2.24) is 9.29 Å². The topological polar surface area (TPSA) is 87.0 Å². The Hall–Kier alpha value is -3.37. The van der Waals surface area contributed by atoms with Gasteiger partial charge in [0.05, 0.1) is 4.90 Å². The molecule has 1 unspecified atom stereocenters. The number of nitrogens with zero attached hydrogens (tertiary/aromatic N) is 1. The van der Waals surface area contributed by atoms with Crippen LogP contribution in [0.2, 0.25) is 0 Å². The van der Waals surface area contributed by atoms with E-state index in [0.717, 1.165) is 17.7 Å². The van der Waals surface area contributed by atoms with Gasteiger partial charge in [-0.2, -0.15) is 0 Å². The van der Waals surface area contributed by atoms with Crippen LogP contribution in [0.3, 0.4) is 0 Å². The van der Waals surface area contributed by atoms with Gasteiger partial charge in [-0.1, -0.05) is 31.2 Å². The maximum absolute atomic E-state index is 13.6. The van der Waals surface area contributed by atoms with Crippen LogP contribution in [-0.2, 0) is 23.4 Å². The van der Waals surface area contributed by atoms with Crippen molar-refractivity contribution >= 4 is 27.6 Å². The second-order valence-corrected chi connectivity index (χ2v) is 10.4. The zero-order chi connectivity index (χ0) is 25.3. The quantitative estimate of drug-likeness (QED) is 0.429. The average molecular weight is 503 g/mol. The fraction of sp³-hybridized carbons (Fsp3) is 0.240. The molecular weight excluding hydrogens is 477 g/mol. The van der Waals surface area contributed by atoms with Crippen molar-refractivity contribution in [3.05, 3.63) is 89.0 Å². The first-order valence-corrected chi connectivity index (χ1v) is 12.6. The summed E-state index contributed by atoms with van der Waals surface area (Å²) in [5.74, 6) is -3.05. The van der Waals surface area contributed by atoms with Gasteiger partial charge < -0.3 is 9.88 Å². The van der Waals surface area contributed by atoms with E-state index in [1.165, 1.54) is 29.0 Å². The fourth-order valence-corrected chi connectivity index (χ4v) is 5.68. The van der Waals surface area contributed by atoms with Crippen molar-refractivity contribution in [2.75, 3.05) is 5.32 Å². The highest BCUT2D eigenvalue weighted by Crippen LogP contribution is 2.29. The number of benzene rings is 2. The monoisotopic (exact) mass is 502 g/mol. The number of aromatic nitrogens is 1. The third kappa shape index (κ3) is 5.33. The lowest BCUT2D eigenvalue weighted by Gasteiger charge is -2.22. The van der Waals surface area contributed by atoms with Crippen LogP contribution < -0.4 is 10.0 Å². The Morgan fingerprint density at radius 2 is 1.89 bits per heavy atom. The van der Waals surface area contributed by atoms with Crippen LogP contribution in [0, 0.1) is 28.1 Å². The third-order valence-corrected chi connectivity index (χ3v) is 7.62. The predicted octanol–water partition coefficient (Wildman–Crippen LogP) is 5.27. The summed E-state index contributed by atoms with van der Waals surface area (Å²) in [6, 6.07) is 8.88. The maximum atomic E-state index is 13.6. The molecule has 184 valence electrons. The first kappa shape index (κ1) is 24.7. The summed E-state index contributed by atoms with van der Waals surface area (Å²) in [5.41, 5.74) is 1.51. The first-order valence-electron chi connectivity index (χ1n) is 11.0. The average Bonchev–Trinajstić information content (AvgIpc) is 3.09. The molecule has 4 rings (SSSR count). The highest BCUT2D eigenvalue weighted by Gasteiger charge is 2.30. The molecule has 0 aliphatic carbocycles. The summed E-state index contributed by atoms with van der Waals surface area (Å²) in [4.78, 5) is 13.2. The van der Waals surface area contributed by atoms with Gasteiger partial charge >= 0.3 is 0 Å². The molecule has 0 bridgehead atoms. The van der Waals surface area contributed by atoms with Crippen molar-refractivity contribution in [2.24, 2.45) is 13.0 Å². The van der Waals surface area contributed by atoms with Gasteiger partial charge in [-0.15, -0.1) is 0 Å². The molecular formula is C25H25F3N4O2S. The van der Waals surface area contributed by atoms with E-state index in [1.807, 2.05) is 6.92 Å². The molecule has 35 heavy (non-hydrogen) atoms. The Morgan fingerprint density at radius 3 is 2.57 bits per heavy atom. The lowest BCUT2D eigenvalue weighted by Crippen LogP contribution is -2.36. The van der Waals surface area contributed by atoms with Crippen molar-refractivity contribution in [3.8, 4) is 0 Å². The number of rotatable bonds is 6. The molecule has 1 aliphatic heterocycles. The predicted molar refractivity (Wildman–Crippen MR) is 129 cm³/mol. The van der Waals surface area contributed by atoms with Crippen LogP contribution in [0.5, 0.6) is 0 Å². The molecule has 0 saturated carbocycles. The van der Waals surface area contributed by atoms with E-state index in [2.05, 4.69) is 10.0 Å². The number of halogens is 3. The number of carbonyl (C=O) groups excluding carboxylic acids is 1. The summed E-state index contributed by atoms with van der Waals surface area (Å²) >= 11 is 0. The molecule has 10 heteroatoms. The highest BCUT2D eigenvalue weighted by molar-refractivity contribution is 7.90. The maximum Gasteiger partial charge on any atom is 0.272 e. The van der Waals surface area contributed by atoms with E-state index >= 15 is 0 Å². The molecule has 2 aromatic carbocycles. The van der Waals surface area contributed by atoms with Crippen molar-refractivity contribution in [3.63, 3.8) is 0 Å². The summed E-state index contributed by atoms with van der Waals surface area (Å²) < 4.78 is 66.1. The number of aryl methyl sites for hydroxylation is 2. The number of fused-ring (bicyclic) bond motifs is 1. The molecule has 0 radical (unpaired) electrons. The smallest absolute Gasteiger partial charge is 0.272 e. The lowest BCUT2D eigenvalue weighted by atomic mass is 9.94. The molecule has 3 atom stereocenters. The van der Waals surface area contributed by atoms with Crippen molar-refractivity contribution in [2.45, 2.75) is 30.7 Å². The minimum Gasteiger partial charge on any atom is -0.345 e. The van der Waals surface area contributed by atoms with Gasteiger partial charge in [-0.25, -0.2) is 26.9 Å². The summed E-state index contributed by atoms with van der Waals surface area (Å²) in [6.45, 7) is 1.97. The molecule has 3 aromatic rings. The second-order valence-electron chi connectivity index (χ2n) is 8.65. The van der Waals surface area contributed by atoms with Gasteiger partial charge in [0.2, 0.25) is 0 Å². The normalized spacial score (nSPS) is 20.2. The van der Waals surface area contributed by atoms with Gasteiger partial charge in [0.1, 0.15) is 21.4 Å². The van der Waals surface area contributed by atoms with Crippen LogP contribution in [0.15, 0.2) is 59.6 Å². The van der Waals surface area contributed by atoms with E-state index < -0.39 is 33.5 Å². The van der Waals surface area contributed by atoms with Crippen LogP contribution in [0.4, 0.5) is 18.9 Å². The third-order valence-electron chi connectivity index (χ3n) is 6.07. The minimum atomic E-state index is -3.45.